The molecule has 0 bridgehead atoms. The standard InChI is InChI=1S/C17H29NO9/c1-7-12(18-8(2)21)17(14(23)11(6-20)26-7)27-10-4-9(5-19)16(25-3)15(24)13(10)22/h5,7,9-17,20,22-24H,4,6H2,1-3H3,(H,18,21)/t7-,9-,10+,11?,12?,13?,14+,15?,16+,17+/m0/s1. The average Bonchev–Trinajstić information content (AvgIpc) is 2.63. The zero-order chi connectivity index (χ0) is 20.3. The number of ether oxygens (including phenoxy) is 3. The molecule has 1 amide bonds. The Balaban J connectivity index is 2.23. The van der Waals surface area contributed by atoms with Crippen molar-refractivity contribution in [3.8, 4) is 0 Å². The number of hydrogen-bond acceptors (Lipinski definition) is 9. The van der Waals surface area contributed by atoms with Gasteiger partial charge < -0.3 is 44.7 Å². The molecule has 0 aromatic rings. The van der Waals surface area contributed by atoms with Crippen molar-refractivity contribution in [2.24, 2.45) is 5.92 Å². The molecular weight excluding hydrogens is 362 g/mol. The highest BCUT2D eigenvalue weighted by Crippen LogP contribution is 2.32. The lowest BCUT2D eigenvalue weighted by Gasteiger charge is -2.47. The van der Waals surface area contributed by atoms with Crippen molar-refractivity contribution in [3.05, 3.63) is 0 Å². The molecule has 1 aliphatic carbocycles. The molecule has 5 N–H and O–H groups in total. The zero-order valence-electron chi connectivity index (χ0n) is 15.6. The van der Waals surface area contributed by atoms with Gasteiger partial charge >= 0.3 is 0 Å². The predicted molar refractivity (Wildman–Crippen MR) is 90.7 cm³/mol. The van der Waals surface area contributed by atoms with Crippen LogP contribution in [0.25, 0.3) is 0 Å². The lowest BCUT2D eigenvalue weighted by atomic mass is 9.81. The number of aldehydes is 1. The van der Waals surface area contributed by atoms with E-state index in [0.717, 1.165) is 0 Å². The van der Waals surface area contributed by atoms with Crippen LogP contribution in [0, 0.1) is 5.92 Å². The monoisotopic (exact) mass is 391 g/mol. The molecule has 1 aliphatic heterocycles. The van der Waals surface area contributed by atoms with Gasteiger partial charge in [0.2, 0.25) is 5.91 Å². The van der Waals surface area contributed by atoms with Gasteiger partial charge in [-0.15, -0.1) is 0 Å². The van der Waals surface area contributed by atoms with Crippen LogP contribution >= 0.6 is 0 Å². The molecule has 27 heavy (non-hydrogen) atoms. The molecule has 2 rings (SSSR count). The summed E-state index contributed by atoms with van der Waals surface area (Å²) in [6.45, 7) is 2.50. The van der Waals surface area contributed by atoms with E-state index < -0.39 is 67.4 Å². The SMILES string of the molecule is CO[C@H]1C(O)C(O)[C@H](O[C@@H]2C(NC(C)=O)[C@H](C)OC(CO)[C@H]2O)C[C@H]1C=O. The van der Waals surface area contributed by atoms with Crippen LogP contribution in [0.1, 0.15) is 20.3 Å². The maximum atomic E-state index is 11.5. The second-order valence-corrected chi connectivity index (χ2v) is 7.14. The molecule has 0 aromatic heterocycles. The van der Waals surface area contributed by atoms with Gasteiger partial charge in [-0.05, 0) is 13.3 Å². The number of nitrogens with one attached hydrogen (secondary N) is 1. The topological polar surface area (TPSA) is 155 Å². The summed E-state index contributed by atoms with van der Waals surface area (Å²) in [5.74, 6) is -1.08. The van der Waals surface area contributed by atoms with E-state index in [-0.39, 0.29) is 12.3 Å². The molecule has 2 fully saturated rings. The minimum Gasteiger partial charge on any atom is -0.394 e. The summed E-state index contributed by atoms with van der Waals surface area (Å²) in [6.07, 6.45) is -7.70. The molecule has 1 saturated carbocycles. The van der Waals surface area contributed by atoms with Crippen molar-refractivity contribution in [2.75, 3.05) is 13.7 Å². The molecule has 2 aliphatic rings. The number of carbonyl (C=O) groups excluding carboxylic acids is 2. The highest BCUT2D eigenvalue weighted by Gasteiger charge is 2.50. The number of aliphatic hydroxyl groups is 4. The number of carbonyl (C=O) groups is 2. The zero-order valence-corrected chi connectivity index (χ0v) is 15.6. The molecule has 10 atom stereocenters. The van der Waals surface area contributed by atoms with Crippen molar-refractivity contribution in [1.82, 2.24) is 5.32 Å². The van der Waals surface area contributed by atoms with Crippen LogP contribution in [-0.4, -0.2) is 101 Å². The molecule has 1 heterocycles. The quantitative estimate of drug-likeness (QED) is 0.305. The smallest absolute Gasteiger partial charge is 0.217 e. The summed E-state index contributed by atoms with van der Waals surface area (Å²) in [5, 5.41) is 43.3. The van der Waals surface area contributed by atoms with Crippen LogP contribution in [0.2, 0.25) is 0 Å². The fourth-order valence-electron chi connectivity index (χ4n) is 3.88. The Morgan fingerprint density at radius 2 is 1.89 bits per heavy atom. The third-order valence-corrected chi connectivity index (χ3v) is 5.29. The van der Waals surface area contributed by atoms with Gasteiger partial charge in [0.25, 0.3) is 0 Å². The second-order valence-electron chi connectivity index (χ2n) is 7.14. The number of rotatable bonds is 6. The first-order valence-corrected chi connectivity index (χ1v) is 8.96. The van der Waals surface area contributed by atoms with Gasteiger partial charge in [0.15, 0.2) is 0 Å². The van der Waals surface area contributed by atoms with E-state index in [1.54, 1.807) is 6.92 Å². The summed E-state index contributed by atoms with van der Waals surface area (Å²) < 4.78 is 16.5. The number of hydrogen-bond donors (Lipinski definition) is 5. The predicted octanol–water partition coefficient (Wildman–Crippen LogP) is -2.66. The Bertz CT molecular complexity index is 519. The molecule has 1 saturated heterocycles. The lowest BCUT2D eigenvalue weighted by Crippen LogP contribution is -2.66. The highest BCUT2D eigenvalue weighted by atomic mass is 16.6. The van der Waals surface area contributed by atoms with Crippen LogP contribution in [-0.2, 0) is 23.8 Å². The summed E-state index contributed by atoms with van der Waals surface area (Å²) in [7, 11) is 1.33. The van der Waals surface area contributed by atoms with E-state index in [0.29, 0.717) is 6.29 Å². The van der Waals surface area contributed by atoms with Crippen molar-refractivity contribution in [2.45, 2.75) is 75.1 Å². The molecule has 156 valence electrons. The van der Waals surface area contributed by atoms with E-state index in [9.17, 15) is 30.0 Å². The normalized spacial score (nSPS) is 45.3. The van der Waals surface area contributed by atoms with Crippen LogP contribution < -0.4 is 5.32 Å². The highest BCUT2D eigenvalue weighted by molar-refractivity contribution is 5.73. The number of amides is 1. The Labute approximate surface area is 157 Å². The van der Waals surface area contributed by atoms with E-state index in [4.69, 9.17) is 14.2 Å². The van der Waals surface area contributed by atoms with E-state index in [2.05, 4.69) is 5.32 Å². The van der Waals surface area contributed by atoms with Crippen molar-refractivity contribution >= 4 is 12.2 Å². The van der Waals surface area contributed by atoms with E-state index >= 15 is 0 Å². The fourth-order valence-corrected chi connectivity index (χ4v) is 3.88. The van der Waals surface area contributed by atoms with Crippen molar-refractivity contribution in [1.29, 1.82) is 0 Å². The minimum absolute atomic E-state index is 0.0648. The Morgan fingerprint density at radius 3 is 2.41 bits per heavy atom. The molecule has 4 unspecified atom stereocenters. The number of aliphatic hydroxyl groups excluding tert-OH is 4. The van der Waals surface area contributed by atoms with Gasteiger partial charge in [0, 0.05) is 20.0 Å². The molecule has 0 radical (unpaired) electrons. The van der Waals surface area contributed by atoms with E-state index in [1.807, 2.05) is 0 Å². The summed E-state index contributed by atoms with van der Waals surface area (Å²) in [5.41, 5.74) is 0. The van der Waals surface area contributed by atoms with Crippen molar-refractivity contribution in [3.63, 3.8) is 0 Å². The van der Waals surface area contributed by atoms with Crippen LogP contribution in [0.15, 0.2) is 0 Å². The third kappa shape index (κ3) is 4.65. The molecule has 0 spiro atoms. The molecular formula is C17H29NO9. The van der Waals surface area contributed by atoms with Gasteiger partial charge in [0.1, 0.15) is 36.8 Å². The number of methoxy groups -OCH3 is 1. The minimum atomic E-state index is -1.36. The van der Waals surface area contributed by atoms with Crippen LogP contribution in [0.5, 0.6) is 0 Å². The van der Waals surface area contributed by atoms with Crippen LogP contribution in [0.3, 0.4) is 0 Å². The summed E-state index contributed by atoms with van der Waals surface area (Å²) in [4.78, 5) is 22.9. The van der Waals surface area contributed by atoms with Crippen molar-refractivity contribution < 1.29 is 44.2 Å². The molecule has 0 aromatic carbocycles. The first-order chi connectivity index (χ1) is 12.7. The third-order valence-electron chi connectivity index (χ3n) is 5.29. The lowest BCUT2D eigenvalue weighted by molar-refractivity contribution is -0.244. The molecule has 10 heteroatoms. The fraction of sp³-hybridized carbons (Fsp3) is 0.882. The second kappa shape index (κ2) is 9.37. The largest absolute Gasteiger partial charge is 0.394 e. The van der Waals surface area contributed by atoms with Gasteiger partial charge in [-0.1, -0.05) is 0 Å². The van der Waals surface area contributed by atoms with E-state index in [1.165, 1.54) is 14.0 Å². The first kappa shape index (κ1) is 22.2. The van der Waals surface area contributed by atoms with Gasteiger partial charge in [-0.25, -0.2) is 0 Å². The summed E-state index contributed by atoms with van der Waals surface area (Å²) in [6, 6.07) is -0.750. The maximum absolute atomic E-state index is 11.5. The maximum Gasteiger partial charge on any atom is 0.217 e. The Hall–Kier alpha value is -1.14. The van der Waals surface area contributed by atoms with Gasteiger partial charge in [-0.3, -0.25) is 4.79 Å². The van der Waals surface area contributed by atoms with Crippen LogP contribution in [0.4, 0.5) is 0 Å². The Kier molecular flexibility index (Phi) is 7.69. The Morgan fingerprint density at radius 1 is 1.22 bits per heavy atom. The average molecular weight is 391 g/mol. The van der Waals surface area contributed by atoms with Gasteiger partial charge in [-0.2, -0.15) is 0 Å². The summed E-state index contributed by atoms with van der Waals surface area (Å²) >= 11 is 0. The molecule has 10 nitrogen and oxygen atoms in total. The first-order valence-electron chi connectivity index (χ1n) is 8.96. The van der Waals surface area contributed by atoms with Gasteiger partial charge in [0.05, 0.1) is 31.0 Å².